The fourth-order valence-electron chi connectivity index (χ4n) is 3.19. The van der Waals surface area contributed by atoms with Crippen LogP contribution in [0.5, 0.6) is 11.5 Å². The molecule has 1 N–H and O–H groups in total. The first-order valence-electron chi connectivity index (χ1n) is 9.78. The first-order chi connectivity index (χ1) is 14.5. The Kier molecular flexibility index (Phi) is 7.46. The number of ether oxygens (including phenoxy) is 2. The molecule has 0 aliphatic carbocycles. The lowest BCUT2D eigenvalue weighted by atomic mass is 10.1. The maximum Gasteiger partial charge on any atom is 0.287 e. The van der Waals surface area contributed by atoms with Gasteiger partial charge in [-0.3, -0.25) is 4.79 Å². The quantitative estimate of drug-likeness (QED) is 0.479. The number of benzene rings is 2. The van der Waals surface area contributed by atoms with E-state index in [1.54, 1.807) is 32.0 Å². The zero-order valence-corrected chi connectivity index (χ0v) is 18.6. The van der Waals surface area contributed by atoms with Crippen molar-refractivity contribution in [2.75, 3.05) is 20.8 Å². The molecule has 1 heterocycles. The molecule has 158 valence electrons. The van der Waals surface area contributed by atoms with Gasteiger partial charge in [0, 0.05) is 11.4 Å². The lowest BCUT2D eigenvalue weighted by Gasteiger charge is -2.10. The van der Waals surface area contributed by atoms with Crippen LogP contribution >= 0.6 is 11.8 Å². The van der Waals surface area contributed by atoms with E-state index in [-0.39, 0.29) is 5.91 Å². The van der Waals surface area contributed by atoms with Crippen LogP contribution in [0, 0.1) is 13.8 Å². The predicted octanol–water partition coefficient (Wildman–Crippen LogP) is 5.18. The van der Waals surface area contributed by atoms with Crippen LogP contribution in [0.2, 0.25) is 0 Å². The van der Waals surface area contributed by atoms with Gasteiger partial charge in [0.1, 0.15) is 5.76 Å². The highest BCUT2D eigenvalue weighted by atomic mass is 32.2. The number of rotatable bonds is 9. The highest BCUT2D eigenvalue weighted by Crippen LogP contribution is 2.30. The average molecular weight is 426 g/mol. The molecular weight excluding hydrogens is 398 g/mol. The molecule has 0 radical (unpaired) electrons. The van der Waals surface area contributed by atoms with Gasteiger partial charge in [-0.05, 0) is 61.2 Å². The van der Waals surface area contributed by atoms with Crippen LogP contribution in [-0.4, -0.2) is 26.7 Å². The summed E-state index contributed by atoms with van der Waals surface area (Å²) in [5.41, 5.74) is 3.55. The summed E-state index contributed by atoms with van der Waals surface area (Å²) in [5, 5.41) is 2.91. The molecule has 6 heteroatoms. The van der Waals surface area contributed by atoms with Gasteiger partial charge in [-0.1, -0.05) is 24.3 Å². The Morgan fingerprint density at radius 2 is 1.73 bits per heavy atom. The van der Waals surface area contributed by atoms with Crippen LogP contribution in [-0.2, 0) is 12.2 Å². The van der Waals surface area contributed by atoms with Crippen LogP contribution in [0.3, 0.4) is 0 Å². The Bertz CT molecular complexity index is 992. The number of carbonyl (C=O) groups is 1. The summed E-state index contributed by atoms with van der Waals surface area (Å²) in [4.78, 5) is 13.7. The third-order valence-electron chi connectivity index (χ3n) is 4.80. The van der Waals surface area contributed by atoms with Crippen molar-refractivity contribution >= 4 is 17.7 Å². The highest BCUT2D eigenvalue weighted by molar-refractivity contribution is 7.98. The van der Waals surface area contributed by atoms with Crippen molar-refractivity contribution in [3.8, 4) is 11.5 Å². The monoisotopic (exact) mass is 425 g/mol. The lowest BCUT2D eigenvalue weighted by molar-refractivity contribution is 0.0925. The molecule has 0 saturated carbocycles. The lowest BCUT2D eigenvalue weighted by Crippen LogP contribution is -2.25. The molecule has 3 rings (SSSR count). The third kappa shape index (κ3) is 5.39. The molecule has 3 aromatic rings. The van der Waals surface area contributed by atoms with E-state index in [0.29, 0.717) is 36.0 Å². The number of hydrogen-bond acceptors (Lipinski definition) is 5. The van der Waals surface area contributed by atoms with Crippen molar-refractivity contribution < 1.29 is 18.7 Å². The largest absolute Gasteiger partial charge is 0.493 e. The van der Waals surface area contributed by atoms with E-state index in [2.05, 4.69) is 37.4 Å². The van der Waals surface area contributed by atoms with Crippen LogP contribution in [0.25, 0.3) is 0 Å². The summed E-state index contributed by atoms with van der Waals surface area (Å²) in [7, 11) is 3.21. The Morgan fingerprint density at radius 1 is 1.00 bits per heavy atom. The Morgan fingerprint density at radius 3 is 2.43 bits per heavy atom. The van der Waals surface area contributed by atoms with Crippen molar-refractivity contribution in [1.29, 1.82) is 0 Å². The molecule has 5 nitrogen and oxygen atoms in total. The van der Waals surface area contributed by atoms with Gasteiger partial charge in [0.15, 0.2) is 17.3 Å². The van der Waals surface area contributed by atoms with E-state index in [4.69, 9.17) is 13.9 Å². The standard InChI is InChI=1S/C24H27NO4S/c1-16-6-5-7-17(2)23(16)30-15-19-9-11-21(29-19)24(26)25-13-12-18-8-10-20(27-3)22(14-18)28-4/h5-11,14H,12-13,15H2,1-4H3,(H,25,26). The number of thioether (sulfide) groups is 1. The van der Waals surface area contributed by atoms with E-state index in [9.17, 15) is 4.79 Å². The van der Waals surface area contributed by atoms with Crippen LogP contribution < -0.4 is 14.8 Å². The maximum absolute atomic E-state index is 12.4. The first-order valence-corrected chi connectivity index (χ1v) is 10.8. The predicted molar refractivity (Wildman–Crippen MR) is 120 cm³/mol. The SMILES string of the molecule is COc1ccc(CCNC(=O)c2ccc(CSc3c(C)cccc3C)o2)cc1OC. The van der Waals surface area contributed by atoms with Gasteiger partial charge in [0.25, 0.3) is 5.91 Å². The zero-order chi connectivity index (χ0) is 21.5. The molecule has 0 fully saturated rings. The average Bonchev–Trinajstić information content (AvgIpc) is 3.22. The topological polar surface area (TPSA) is 60.7 Å². The molecule has 0 unspecified atom stereocenters. The Hall–Kier alpha value is -2.86. The minimum atomic E-state index is -0.209. The van der Waals surface area contributed by atoms with Crippen LogP contribution in [0.4, 0.5) is 0 Å². The number of hydrogen-bond donors (Lipinski definition) is 1. The van der Waals surface area contributed by atoms with Crippen LogP contribution in [0.15, 0.2) is 57.8 Å². The summed E-state index contributed by atoms with van der Waals surface area (Å²) < 4.78 is 16.3. The summed E-state index contributed by atoms with van der Waals surface area (Å²) in [6, 6.07) is 15.6. The van der Waals surface area contributed by atoms with Crippen molar-refractivity contribution in [3.63, 3.8) is 0 Å². The Labute approximate surface area is 181 Å². The molecule has 0 aliphatic rings. The summed E-state index contributed by atoms with van der Waals surface area (Å²) in [6.45, 7) is 4.71. The van der Waals surface area contributed by atoms with Gasteiger partial charge in [0.2, 0.25) is 0 Å². The molecule has 0 bridgehead atoms. The summed E-state index contributed by atoms with van der Waals surface area (Å²) in [5.74, 6) is 2.96. The number of methoxy groups -OCH3 is 2. The molecule has 2 aromatic carbocycles. The molecule has 30 heavy (non-hydrogen) atoms. The molecule has 1 aromatic heterocycles. The van der Waals surface area contributed by atoms with E-state index in [1.165, 1.54) is 16.0 Å². The molecule has 0 spiro atoms. The second-order valence-corrected chi connectivity index (χ2v) is 7.96. The minimum Gasteiger partial charge on any atom is -0.493 e. The van der Waals surface area contributed by atoms with Crippen molar-refractivity contribution in [3.05, 3.63) is 76.7 Å². The van der Waals surface area contributed by atoms with E-state index >= 15 is 0 Å². The van der Waals surface area contributed by atoms with Gasteiger partial charge in [-0.2, -0.15) is 0 Å². The van der Waals surface area contributed by atoms with Gasteiger partial charge in [-0.15, -0.1) is 11.8 Å². The normalized spacial score (nSPS) is 10.7. The number of furan rings is 1. The smallest absolute Gasteiger partial charge is 0.287 e. The first kappa shape index (κ1) is 21.8. The van der Waals surface area contributed by atoms with E-state index in [1.807, 2.05) is 24.3 Å². The van der Waals surface area contributed by atoms with Crippen molar-refractivity contribution in [2.24, 2.45) is 0 Å². The van der Waals surface area contributed by atoms with Crippen LogP contribution in [0.1, 0.15) is 33.0 Å². The number of aryl methyl sites for hydroxylation is 2. The molecule has 0 aliphatic heterocycles. The van der Waals surface area contributed by atoms with E-state index < -0.39 is 0 Å². The minimum absolute atomic E-state index is 0.209. The van der Waals surface area contributed by atoms with Crippen molar-refractivity contribution in [2.45, 2.75) is 30.9 Å². The van der Waals surface area contributed by atoms with Gasteiger partial charge in [-0.25, -0.2) is 0 Å². The molecule has 0 atom stereocenters. The highest BCUT2D eigenvalue weighted by Gasteiger charge is 2.12. The van der Waals surface area contributed by atoms with Gasteiger partial charge < -0.3 is 19.2 Å². The molecule has 0 saturated heterocycles. The van der Waals surface area contributed by atoms with Gasteiger partial charge in [0.05, 0.1) is 20.0 Å². The Balaban J connectivity index is 1.51. The fraction of sp³-hybridized carbons (Fsp3) is 0.292. The molecular formula is C24H27NO4S. The van der Waals surface area contributed by atoms with Crippen molar-refractivity contribution in [1.82, 2.24) is 5.32 Å². The fourth-order valence-corrected chi connectivity index (χ4v) is 4.22. The molecule has 1 amide bonds. The number of nitrogens with one attached hydrogen (secondary N) is 1. The van der Waals surface area contributed by atoms with E-state index in [0.717, 1.165) is 11.3 Å². The second-order valence-electron chi connectivity index (χ2n) is 6.97. The second kappa shape index (κ2) is 10.3. The van der Waals surface area contributed by atoms with Gasteiger partial charge >= 0.3 is 0 Å². The zero-order valence-electron chi connectivity index (χ0n) is 17.8. The third-order valence-corrected chi connectivity index (χ3v) is 6.16. The number of amides is 1. The maximum atomic E-state index is 12.4. The summed E-state index contributed by atoms with van der Waals surface area (Å²) >= 11 is 1.73. The summed E-state index contributed by atoms with van der Waals surface area (Å²) in [6.07, 6.45) is 0.683. The number of carbonyl (C=O) groups excluding carboxylic acids is 1.